The Morgan fingerprint density at radius 3 is 2.36 bits per heavy atom. The highest BCUT2D eigenvalue weighted by atomic mass is 35.5. The number of halogens is 2. The van der Waals surface area contributed by atoms with Crippen LogP contribution in [-0.4, -0.2) is 17.6 Å². The van der Waals surface area contributed by atoms with Gasteiger partial charge < -0.3 is 15.0 Å². The Hall–Kier alpha value is -3.47. The summed E-state index contributed by atoms with van der Waals surface area (Å²) >= 11 is 13.0. The lowest BCUT2D eigenvalue weighted by molar-refractivity contribution is 0.100. The van der Waals surface area contributed by atoms with E-state index >= 15 is 0 Å². The van der Waals surface area contributed by atoms with Gasteiger partial charge in [-0.1, -0.05) is 47.5 Å². The van der Waals surface area contributed by atoms with Crippen LogP contribution in [0.4, 0.5) is 0 Å². The topological polar surface area (TPSA) is 57.2 Å². The Morgan fingerprint density at radius 2 is 1.70 bits per heavy atom. The predicted molar refractivity (Wildman–Crippen MR) is 134 cm³/mol. The van der Waals surface area contributed by atoms with Crippen LogP contribution < -0.4 is 10.5 Å². The van der Waals surface area contributed by atoms with Crippen molar-refractivity contribution in [3.63, 3.8) is 0 Å². The maximum atomic E-state index is 12.2. The summed E-state index contributed by atoms with van der Waals surface area (Å²) in [6.07, 6.45) is 0. The van der Waals surface area contributed by atoms with E-state index in [2.05, 4.69) is 10.6 Å². The van der Waals surface area contributed by atoms with Crippen molar-refractivity contribution in [3.05, 3.63) is 100 Å². The molecule has 1 heterocycles. The molecule has 4 aromatic carbocycles. The van der Waals surface area contributed by atoms with E-state index in [1.807, 2.05) is 66.7 Å². The summed E-state index contributed by atoms with van der Waals surface area (Å²) in [5.74, 6) is 0.316. The molecule has 33 heavy (non-hydrogen) atoms. The maximum absolute atomic E-state index is 12.2. The minimum absolute atomic E-state index is 0.464. The van der Waals surface area contributed by atoms with Crippen LogP contribution >= 0.6 is 23.2 Å². The molecule has 163 valence electrons. The average Bonchev–Trinajstić information content (AvgIpc) is 3.12. The van der Waals surface area contributed by atoms with Crippen LogP contribution in [0.15, 0.2) is 72.8 Å². The van der Waals surface area contributed by atoms with Crippen LogP contribution in [0.25, 0.3) is 32.9 Å². The Bertz CT molecular complexity index is 1500. The minimum Gasteiger partial charge on any atom is -0.497 e. The molecule has 0 saturated carbocycles. The Labute approximate surface area is 201 Å². The van der Waals surface area contributed by atoms with E-state index in [-0.39, 0.29) is 0 Å². The van der Waals surface area contributed by atoms with Gasteiger partial charge in [-0.2, -0.15) is 0 Å². The highest BCUT2D eigenvalue weighted by Crippen LogP contribution is 2.39. The fourth-order valence-electron chi connectivity index (χ4n) is 4.26. The Morgan fingerprint density at radius 1 is 1.00 bits per heavy atom. The third-order valence-corrected chi connectivity index (χ3v) is 6.44. The number of aromatic nitrogens is 1. The van der Waals surface area contributed by atoms with E-state index in [1.54, 1.807) is 13.2 Å². The number of benzene rings is 4. The molecule has 1 radical (unpaired) electrons. The van der Waals surface area contributed by atoms with Crippen molar-refractivity contribution in [1.82, 2.24) is 4.57 Å². The molecule has 2 N–H and O–H groups in total. The fraction of sp³-hybridized carbons (Fsp3) is 0.0741. The standard InChI is InChI=1S/C27H19Cl2N2O2/c1-33-18-11-8-16(9-12-18)15-31-23-7-2-4-20(27(30)32)26(23)19-13-10-17(14-24(19)31)25-21(28)5-3-6-22(25)29/h2-12,14H,15H2,1H3,(H2,30,32). The van der Waals surface area contributed by atoms with E-state index in [0.29, 0.717) is 22.2 Å². The first-order valence-corrected chi connectivity index (χ1v) is 11.1. The lowest BCUT2D eigenvalue weighted by Crippen LogP contribution is -2.11. The maximum Gasteiger partial charge on any atom is 0.249 e. The smallest absolute Gasteiger partial charge is 0.249 e. The van der Waals surface area contributed by atoms with Gasteiger partial charge in [-0.05, 0) is 65.7 Å². The van der Waals surface area contributed by atoms with Gasteiger partial charge in [-0.15, -0.1) is 0 Å². The number of carbonyl (C=O) groups is 1. The van der Waals surface area contributed by atoms with Crippen LogP contribution in [-0.2, 0) is 6.54 Å². The second kappa shape index (κ2) is 8.47. The number of hydrogen-bond donors (Lipinski definition) is 1. The third-order valence-electron chi connectivity index (χ3n) is 5.81. The molecule has 0 aliphatic carbocycles. The molecule has 0 bridgehead atoms. The van der Waals surface area contributed by atoms with E-state index in [9.17, 15) is 4.79 Å². The summed E-state index contributed by atoms with van der Waals surface area (Å²) in [5.41, 5.74) is 10.7. The molecule has 1 aromatic heterocycles. The molecule has 0 saturated heterocycles. The lowest BCUT2D eigenvalue weighted by Gasteiger charge is -2.11. The van der Waals surface area contributed by atoms with E-state index in [0.717, 1.165) is 44.2 Å². The molecule has 1 amide bonds. The number of hydrogen-bond acceptors (Lipinski definition) is 2. The monoisotopic (exact) mass is 473 g/mol. The second-order valence-electron chi connectivity index (χ2n) is 7.74. The van der Waals surface area contributed by atoms with Gasteiger partial charge in [0.05, 0.1) is 18.1 Å². The molecule has 0 fully saturated rings. The first-order chi connectivity index (χ1) is 16.0. The molecular weight excluding hydrogens is 455 g/mol. The molecule has 0 atom stereocenters. The lowest BCUT2D eigenvalue weighted by atomic mass is 10.0. The van der Waals surface area contributed by atoms with Crippen molar-refractivity contribution in [2.45, 2.75) is 6.54 Å². The van der Waals surface area contributed by atoms with Crippen LogP contribution in [0.3, 0.4) is 0 Å². The van der Waals surface area contributed by atoms with Crippen LogP contribution in [0, 0.1) is 6.07 Å². The minimum atomic E-state index is -0.476. The molecule has 4 nitrogen and oxygen atoms in total. The Balaban J connectivity index is 1.79. The van der Waals surface area contributed by atoms with Gasteiger partial charge in [0.1, 0.15) is 5.75 Å². The zero-order chi connectivity index (χ0) is 23.1. The fourth-order valence-corrected chi connectivity index (χ4v) is 4.88. The van der Waals surface area contributed by atoms with Gasteiger partial charge in [-0.3, -0.25) is 4.79 Å². The number of nitrogens with zero attached hydrogens (tertiary/aromatic N) is 1. The van der Waals surface area contributed by atoms with Crippen molar-refractivity contribution in [3.8, 4) is 16.9 Å². The normalized spacial score (nSPS) is 11.2. The zero-order valence-electron chi connectivity index (χ0n) is 17.7. The summed E-state index contributed by atoms with van der Waals surface area (Å²) in [5, 5.41) is 2.72. The predicted octanol–water partition coefficient (Wildman–Crippen LogP) is 6.72. The number of primary amides is 1. The quantitative estimate of drug-likeness (QED) is 0.307. The van der Waals surface area contributed by atoms with E-state index in [4.69, 9.17) is 33.7 Å². The summed E-state index contributed by atoms with van der Waals surface area (Å²) in [7, 11) is 1.64. The van der Waals surface area contributed by atoms with Gasteiger partial charge >= 0.3 is 0 Å². The summed E-state index contributed by atoms with van der Waals surface area (Å²) in [6.45, 7) is 0.583. The van der Waals surface area contributed by atoms with E-state index < -0.39 is 5.91 Å². The van der Waals surface area contributed by atoms with Crippen LogP contribution in [0.1, 0.15) is 15.9 Å². The molecule has 5 aromatic rings. The van der Waals surface area contributed by atoms with Gasteiger partial charge in [-0.25, -0.2) is 0 Å². The number of nitrogens with two attached hydrogens (primary N) is 1. The third kappa shape index (κ3) is 3.71. The SMILES string of the molecule is COc1ccc(Cn2c3cc(-c4c(Cl)cccc4Cl)c[c]c3c3c(C(N)=O)cccc32)cc1. The number of carbonyl (C=O) groups excluding carboxylic acids is 1. The van der Waals surface area contributed by atoms with Crippen molar-refractivity contribution >= 4 is 50.9 Å². The molecule has 0 spiro atoms. The van der Waals surface area contributed by atoms with Crippen molar-refractivity contribution in [2.75, 3.05) is 7.11 Å². The van der Waals surface area contributed by atoms with Crippen LogP contribution in [0.5, 0.6) is 5.75 Å². The Kier molecular flexibility index (Phi) is 5.49. The summed E-state index contributed by atoms with van der Waals surface area (Å²) < 4.78 is 7.44. The highest BCUT2D eigenvalue weighted by Gasteiger charge is 2.18. The molecule has 0 aliphatic rings. The zero-order valence-corrected chi connectivity index (χ0v) is 19.2. The number of rotatable bonds is 5. The molecular formula is C27H19Cl2N2O2. The highest BCUT2D eigenvalue weighted by molar-refractivity contribution is 6.39. The number of fused-ring (bicyclic) bond motifs is 3. The van der Waals surface area contributed by atoms with Crippen LogP contribution in [0.2, 0.25) is 10.0 Å². The van der Waals surface area contributed by atoms with Crippen molar-refractivity contribution in [2.24, 2.45) is 5.73 Å². The largest absolute Gasteiger partial charge is 0.497 e. The second-order valence-corrected chi connectivity index (χ2v) is 8.56. The number of amides is 1. The van der Waals surface area contributed by atoms with Gasteiger partial charge in [0.2, 0.25) is 5.91 Å². The molecule has 0 aliphatic heterocycles. The molecule has 6 heteroatoms. The van der Waals surface area contributed by atoms with Gasteiger partial charge in [0, 0.05) is 38.5 Å². The number of methoxy groups -OCH3 is 1. The van der Waals surface area contributed by atoms with Gasteiger partial charge in [0.25, 0.3) is 0 Å². The average molecular weight is 474 g/mol. The van der Waals surface area contributed by atoms with E-state index in [1.165, 1.54) is 0 Å². The first kappa shape index (κ1) is 21.4. The molecule has 0 unspecified atom stereocenters. The van der Waals surface area contributed by atoms with Crippen molar-refractivity contribution < 1.29 is 9.53 Å². The summed E-state index contributed by atoms with van der Waals surface area (Å²) in [4.78, 5) is 12.2. The van der Waals surface area contributed by atoms with Crippen molar-refractivity contribution in [1.29, 1.82) is 0 Å². The van der Waals surface area contributed by atoms with Gasteiger partial charge in [0.15, 0.2) is 0 Å². The summed E-state index contributed by atoms with van der Waals surface area (Å²) in [6, 6.07) is 26.2. The molecule has 5 rings (SSSR count). The number of ether oxygens (including phenoxy) is 1. The first-order valence-electron chi connectivity index (χ1n) is 10.3.